The minimum Gasteiger partial charge on any atom is -0.466 e. The molecule has 0 fully saturated rings. The van der Waals surface area contributed by atoms with Gasteiger partial charge in [-0.2, -0.15) is 0 Å². The second-order valence-corrected chi connectivity index (χ2v) is 4.91. The van der Waals surface area contributed by atoms with E-state index in [4.69, 9.17) is 4.74 Å². The van der Waals surface area contributed by atoms with Gasteiger partial charge in [-0.15, -0.1) is 0 Å². The quantitative estimate of drug-likeness (QED) is 0.268. The summed E-state index contributed by atoms with van der Waals surface area (Å²) < 4.78 is 16.7. The maximum absolute atomic E-state index is 11.8. The SMILES string of the molecule is CC(=O)OCCCCCCCCCC/C=C/CCF. The number of carbonyl (C=O) groups excluding carboxylic acids is 1. The predicted molar refractivity (Wildman–Crippen MR) is 77.9 cm³/mol. The summed E-state index contributed by atoms with van der Waals surface area (Å²) in [6.07, 6.45) is 15.4. The molecule has 0 atom stereocenters. The van der Waals surface area contributed by atoms with Crippen molar-refractivity contribution in [2.75, 3.05) is 13.3 Å². The summed E-state index contributed by atoms with van der Waals surface area (Å²) >= 11 is 0. The van der Waals surface area contributed by atoms with Crippen LogP contribution in [0.5, 0.6) is 0 Å². The van der Waals surface area contributed by atoms with Crippen LogP contribution in [0.25, 0.3) is 0 Å². The summed E-state index contributed by atoms with van der Waals surface area (Å²) in [7, 11) is 0. The molecular formula is C16H29FO2. The van der Waals surface area contributed by atoms with Crippen molar-refractivity contribution >= 4 is 5.97 Å². The van der Waals surface area contributed by atoms with Gasteiger partial charge in [0.25, 0.3) is 0 Å². The Morgan fingerprint density at radius 2 is 1.42 bits per heavy atom. The van der Waals surface area contributed by atoms with Gasteiger partial charge in [0.1, 0.15) is 0 Å². The molecule has 0 amide bonds. The van der Waals surface area contributed by atoms with Crippen molar-refractivity contribution in [2.24, 2.45) is 0 Å². The Hall–Kier alpha value is -0.860. The van der Waals surface area contributed by atoms with Crippen LogP contribution in [-0.2, 0) is 9.53 Å². The highest BCUT2D eigenvalue weighted by molar-refractivity contribution is 5.65. The first kappa shape index (κ1) is 18.1. The molecule has 0 aliphatic rings. The van der Waals surface area contributed by atoms with E-state index in [0.717, 1.165) is 19.3 Å². The van der Waals surface area contributed by atoms with Gasteiger partial charge in [0.05, 0.1) is 13.3 Å². The molecular weight excluding hydrogens is 243 g/mol. The van der Waals surface area contributed by atoms with Gasteiger partial charge in [0.2, 0.25) is 0 Å². The molecule has 0 saturated carbocycles. The Labute approximate surface area is 117 Å². The van der Waals surface area contributed by atoms with E-state index < -0.39 is 0 Å². The smallest absolute Gasteiger partial charge is 0.302 e. The molecule has 0 N–H and O–H groups in total. The number of alkyl halides is 1. The van der Waals surface area contributed by atoms with Crippen molar-refractivity contribution in [3.8, 4) is 0 Å². The van der Waals surface area contributed by atoms with Crippen molar-refractivity contribution < 1.29 is 13.9 Å². The third kappa shape index (κ3) is 17.1. The Bertz CT molecular complexity index is 227. The normalized spacial score (nSPS) is 11.1. The second-order valence-electron chi connectivity index (χ2n) is 4.91. The maximum atomic E-state index is 11.8. The number of carbonyl (C=O) groups is 1. The van der Waals surface area contributed by atoms with Crippen molar-refractivity contribution in [3.05, 3.63) is 12.2 Å². The molecule has 0 heterocycles. The summed E-state index contributed by atoms with van der Waals surface area (Å²) in [5.41, 5.74) is 0. The summed E-state index contributed by atoms with van der Waals surface area (Å²) in [6, 6.07) is 0. The summed E-state index contributed by atoms with van der Waals surface area (Å²) in [5, 5.41) is 0. The first-order chi connectivity index (χ1) is 9.27. The van der Waals surface area contributed by atoms with Gasteiger partial charge >= 0.3 is 5.97 Å². The van der Waals surface area contributed by atoms with E-state index in [2.05, 4.69) is 6.08 Å². The Balaban J connectivity index is 3.01. The lowest BCUT2D eigenvalue weighted by Crippen LogP contribution is -2.00. The number of ether oxygens (including phenoxy) is 1. The Morgan fingerprint density at radius 3 is 2.00 bits per heavy atom. The van der Waals surface area contributed by atoms with Crippen LogP contribution in [0.2, 0.25) is 0 Å². The highest BCUT2D eigenvalue weighted by atomic mass is 19.1. The largest absolute Gasteiger partial charge is 0.466 e. The van der Waals surface area contributed by atoms with Gasteiger partial charge in [-0.05, 0) is 25.7 Å². The molecule has 2 nitrogen and oxygen atoms in total. The minimum absolute atomic E-state index is 0.180. The summed E-state index contributed by atoms with van der Waals surface area (Å²) in [4.78, 5) is 10.5. The van der Waals surface area contributed by atoms with Crippen molar-refractivity contribution in [2.45, 2.75) is 71.1 Å². The molecule has 0 bridgehead atoms. The molecule has 0 saturated heterocycles. The van der Waals surface area contributed by atoms with Crippen molar-refractivity contribution in [1.82, 2.24) is 0 Å². The fourth-order valence-electron chi connectivity index (χ4n) is 1.94. The van der Waals surface area contributed by atoms with Gasteiger partial charge < -0.3 is 4.74 Å². The highest BCUT2D eigenvalue weighted by Gasteiger charge is 1.94. The molecule has 0 aliphatic heterocycles. The van der Waals surface area contributed by atoms with E-state index in [1.165, 1.54) is 45.4 Å². The van der Waals surface area contributed by atoms with E-state index >= 15 is 0 Å². The minimum atomic E-state index is -0.242. The lowest BCUT2D eigenvalue weighted by molar-refractivity contribution is -0.141. The number of hydrogen-bond acceptors (Lipinski definition) is 2. The third-order valence-electron chi connectivity index (χ3n) is 3.01. The van der Waals surface area contributed by atoms with Gasteiger partial charge in [-0.25, -0.2) is 0 Å². The highest BCUT2D eigenvalue weighted by Crippen LogP contribution is 2.10. The molecule has 3 heteroatoms. The van der Waals surface area contributed by atoms with Crippen LogP contribution in [0.3, 0.4) is 0 Å². The predicted octanol–water partition coefficient (Wildman–Crippen LogP) is 4.98. The zero-order valence-corrected chi connectivity index (χ0v) is 12.3. The first-order valence-corrected chi connectivity index (χ1v) is 7.61. The fraction of sp³-hybridized carbons (Fsp3) is 0.812. The van der Waals surface area contributed by atoms with Crippen LogP contribution in [0.4, 0.5) is 4.39 Å². The lowest BCUT2D eigenvalue weighted by Gasteiger charge is -2.02. The first-order valence-electron chi connectivity index (χ1n) is 7.61. The molecule has 112 valence electrons. The zero-order chi connectivity index (χ0) is 14.2. The maximum Gasteiger partial charge on any atom is 0.302 e. The van der Waals surface area contributed by atoms with E-state index in [1.54, 1.807) is 0 Å². The molecule has 0 radical (unpaired) electrons. The van der Waals surface area contributed by atoms with Crippen LogP contribution in [-0.4, -0.2) is 19.3 Å². The number of allylic oxidation sites excluding steroid dienone is 2. The fourth-order valence-corrected chi connectivity index (χ4v) is 1.94. The van der Waals surface area contributed by atoms with E-state index in [9.17, 15) is 9.18 Å². The molecule has 19 heavy (non-hydrogen) atoms. The average molecular weight is 272 g/mol. The number of unbranched alkanes of at least 4 members (excludes halogenated alkanes) is 8. The molecule has 0 rings (SSSR count). The third-order valence-corrected chi connectivity index (χ3v) is 3.01. The van der Waals surface area contributed by atoms with Crippen LogP contribution >= 0.6 is 0 Å². The molecule has 0 spiro atoms. The number of rotatable bonds is 13. The molecule has 0 aliphatic carbocycles. The summed E-state index contributed by atoms with van der Waals surface area (Å²) in [6.45, 7) is 1.78. The van der Waals surface area contributed by atoms with Crippen LogP contribution in [0.1, 0.15) is 71.1 Å². The Kier molecular flexibility index (Phi) is 14.5. The van der Waals surface area contributed by atoms with Gasteiger partial charge in [0, 0.05) is 6.92 Å². The number of hydrogen-bond donors (Lipinski definition) is 0. The molecule has 0 aromatic heterocycles. The molecule has 0 aromatic rings. The van der Waals surface area contributed by atoms with Crippen LogP contribution < -0.4 is 0 Å². The number of halogens is 1. The van der Waals surface area contributed by atoms with Crippen molar-refractivity contribution in [3.63, 3.8) is 0 Å². The van der Waals surface area contributed by atoms with Gasteiger partial charge in [-0.1, -0.05) is 50.7 Å². The van der Waals surface area contributed by atoms with Gasteiger partial charge in [-0.3, -0.25) is 9.18 Å². The Morgan fingerprint density at radius 1 is 0.895 bits per heavy atom. The second kappa shape index (κ2) is 15.2. The monoisotopic (exact) mass is 272 g/mol. The zero-order valence-electron chi connectivity index (χ0n) is 12.3. The molecule has 0 aromatic carbocycles. The van der Waals surface area contributed by atoms with Crippen LogP contribution in [0, 0.1) is 0 Å². The van der Waals surface area contributed by atoms with Gasteiger partial charge in [0.15, 0.2) is 0 Å². The average Bonchev–Trinajstić information content (AvgIpc) is 2.39. The van der Waals surface area contributed by atoms with E-state index in [0.29, 0.717) is 13.0 Å². The van der Waals surface area contributed by atoms with E-state index in [1.807, 2.05) is 6.08 Å². The van der Waals surface area contributed by atoms with Crippen LogP contribution in [0.15, 0.2) is 12.2 Å². The topological polar surface area (TPSA) is 26.3 Å². The van der Waals surface area contributed by atoms with Crippen molar-refractivity contribution in [1.29, 1.82) is 0 Å². The lowest BCUT2D eigenvalue weighted by atomic mass is 10.1. The summed E-state index contributed by atoms with van der Waals surface area (Å²) in [5.74, 6) is -0.180. The number of esters is 1. The standard InChI is InChI=1S/C16H29FO2/c1-16(18)19-15-13-11-9-7-5-3-2-4-6-8-10-12-14-17/h8,10H,2-7,9,11-15H2,1H3/b10-8+. The molecule has 0 unspecified atom stereocenters. The van der Waals surface area contributed by atoms with E-state index in [-0.39, 0.29) is 12.6 Å².